The van der Waals surface area contributed by atoms with Crippen LogP contribution in [0.15, 0.2) is 24.3 Å². The van der Waals surface area contributed by atoms with Gasteiger partial charge < -0.3 is 15.2 Å². The average Bonchev–Trinajstić information content (AvgIpc) is 3.25. The van der Waals surface area contributed by atoms with Crippen LogP contribution in [0.3, 0.4) is 0 Å². The normalized spacial score (nSPS) is 17.2. The van der Waals surface area contributed by atoms with Crippen molar-refractivity contribution in [2.75, 3.05) is 6.54 Å². The summed E-state index contributed by atoms with van der Waals surface area (Å²) in [6.07, 6.45) is 0.562. The Morgan fingerprint density at radius 2 is 2.00 bits per heavy atom. The molecule has 0 aromatic heterocycles. The minimum Gasteiger partial charge on any atom is -0.481 e. The topological polar surface area (TPSA) is 75.6 Å². The molecule has 0 saturated heterocycles. The molecule has 0 spiro atoms. The predicted octanol–water partition coefficient (Wildman–Crippen LogP) is 2.73. The van der Waals surface area contributed by atoms with Crippen LogP contribution in [-0.2, 0) is 15.0 Å². The molecule has 1 aliphatic carbocycles. The van der Waals surface area contributed by atoms with Gasteiger partial charge in [-0.25, -0.2) is 0 Å². The molecule has 23 heavy (non-hydrogen) atoms. The summed E-state index contributed by atoms with van der Waals surface area (Å²) in [4.78, 5) is 23.2. The van der Waals surface area contributed by atoms with Gasteiger partial charge in [-0.2, -0.15) is 0 Å². The van der Waals surface area contributed by atoms with E-state index in [1.54, 1.807) is 6.92 Å². The van der Waals surface area contributed by atoms with E-state index in [1.165, 1.54) is 0 Å². The number of nitrogens with one attached hydrogen (secondary N) is 1. The van der Waals surface area contributed by atoms with E-state index < -0.39 is 17.5 Å². The van der Waals surface area contributed by atoms with Gasteiger partial charge in [0.15, 0.2) is 6.10 Å². The minimum absolute atomic E-state index is 0.00467. The van der Waals surface area contributed by atoms with Crippen molar-refractivity contribution >= 4 is 11.9 Å². The lowest BCUT2D eigenvalue weighted by Gasteiger charge is -2.21. The van der Waals surface area contributed by atoms with Gasteiger partial charge in [-0.15, -0.1) is 0 Å². The quantitative estimate of drug-likeness (QED) is 0.845. The Labute approximate surface area is 137 Å². The molecule has 126 valence electrons. The molecule has 0 heterocycles. The maximum absolute atomic E-state index is 12.1. The fourth-order valence-electron chi connectivity index (χ4n) is 2.31. The lowest BCUT2D eigenvalue weighted by atomic mass is 9.87. The molecule has 1 unspecified atom stereocenters. The van der Waals surface area contributed by atoms with Gasteiger partial charge in [0.2, 0.25) is 0 Å². The van der Waals surface area contributed by atoms with E-state index in [0.29, 0.717) is 18.6 Å². The molecule has 0 radical (unpaired) electrons. The number of amides is 1. The molecule has 1 aromatic carbocycles. The zero-order chi connectivity index (χ0) is 17.3. The van der Waals surface area contributed by atoms with Crippen molar-refractivity contribution < 1.29 is 19.4 Å². The van der Waals surface area contributed by atoms with E-state index in [2.05, 4.69) is 26.1 Å². The van der Waals surface area contributed by atoms with Crippen molar-refractivity contribution in [3.05, 3.63) is 29.8 Å². The van der Waals surface area contributed by atoms with Crippen LogP contribution in [0.4, 0.5) is 0 Å². The second-order valence-corrected chi connectivity index (χ2v) is 7.34. The van der Waals surface area contributed by atoms with Gasteiger partial charge in [0.05, 0.1) is 5.41 Å². The number of carbonyl (C=O) groups excluding carboxylic acids is 1. The van der Waals surface area contributed by atoms with E-state index in [9.17, 15) is 9.59 Å². The lowest BCUT2D eigenvalue weighted by molar-refractivity contribution is -0.143. The van der Waals surface area contributed by atoms with E-state index in [-0.39, 0.29) is 17.9 Å². The third-order valence-corrected chi connectivity index (χ3v) is 4.29. The third-order valence-electron chi connectivity index (χ3n) is 4.29. The molecule has 2 N–H and O–H groups in total. The van der Waals surface area contributed by atoms with Crippen molar-refractivity contribution in [1.82, 2.24) is 5.32 Å². The Hall–Kier alpha value is -2.04. The molecule has 1 amide bonds. The number of carboxylic acid groups (broad SMARTS) is 1. The number of carbonyl (C=O) groups is 2. The van der Waals surface area contributed by atoms with Crippen LogP contribution in [0, 0.1) is 5.41 Å². The van der Waals surface area contributed by atoms with Crippen LogP contribution in [-0.4, -0.2) is 29.6 Å². The maximum Gasteiger partial charge on any atom is 0.311 e. The number of rotatable bonds is 6. The number of hydrogen-bond acceptors (Lipinski definition) is 3. The highest BCUT2D eigenvalue weighted by atomic mass is 16.5. The molecule has 1 saturated carbocycles. The fraction of sp³-hybridized carbons (Fsp3) is 0.556. The molecular formula is C18H25NO4. The number of carboxylic acids is 1. The molecular weight excluding hydrogens is 294 g/mol. The second kappa shape index (κ2) is 6.22. The Morgan fingerprint density at radius 1 is 1.35 bits per heavy atom. The standard InChI is InChI=1S/C18H25NO4/c1-12(15(20)19-11-18(8-9-18)16(21)22)23-14-7-5-6-13(10-14)17(2,3)4/h5-7,10,12H,8-9,11H2,1-4H3,(H,19,20)(H,21,22). The van der Waals surface area contributed by atoms with Crippen molar-refractivity contribution in [1.29, 1.82) is 0 Å². The molecule has 5 heteroatoms. The SMILES string of the molecule is CC(Oc1cccc(C(C)(C)C)c1)C(=O)NCC1(C(=O)O)CC1. The van der Waals surface area contributed by atoms with Crippen LogP contribution in [0.1, 0.15) is 46.1 Å². The predicted molar refractivity (Wildman–Crippen MR) is 87.5 cm³/mol. The maximum atomic E-state index is 12.1. The Balaban J connectivity index is 1.92. The monoisotopic (exact) mass is 319 g/mol. The molecule has 0 bridgehead atoms. The molecule has 0 aliphatic heterocycles. The number of aliphatic carboxylic acids is 1. The van der Waals surface area contributed by atoms with E-state index in [4.69, 9.17) is 9.84 Å². The van der Waals surface area contributed by atoms with Crippen molar-refractivity contribution in [3.8, 4) is 5.75 Å². The fourth-order valence-corrected chi connectivity index (χ4v) is 2.31. The first kappa shape index (κ1) is 17.3. The molecule has 1 atom stereocenters. The van der Waals surface area contributed by atoms with Crippen LogP contribution in [0.25, 0.3) is 0 Å². The summed E-state index contributed by atoms with van der Waals surface area (Å²) in [5.41, 5.74) is 0.372. The summed E-state index contributed by atoms with van der Waals surface area (Å²) in [5.74, 6) is -0.498. The first-order chi connectivity index (χ1) is 10.6. The highest BCUT2D eigenvalue weighted by molar-refractivity contribution is 5.83. The van der Waals surface area contributed by atoms with Gasteiger partial charge in [0.1, 0.15) is 5.75 Å². The summed E-state index contributed by atoms with van der Waals surface area (Å²) >= 11 is 0. The van der Waals surface area contributed by atoms with Crippen LogP contribution >= 0.6 is 0 Å². The average molecular weight is 319 g/mol. The molecule has 1 fully saturated rings. The van der Waals surface area contributed by atoms with Gasteiger partial charge >= 0.3 is 5.97 Å². The highest BCUT2D eigenvalue weighted by Crippen LogP contribution is 2.45. The van der Waals surface area contributed by atoms with Crippen LogP contribution < -0.4 is 10.1 Å². The summed E-state index contributed by atoms with van der Waals surface area (Å²) < 4.78 is 5.70. The molecule has 5 nitrogen and oxygen atoms in total. The summed E-state index contributed by atoms with van der Waals surface area (Å²) in [7, 11) is 0. The summed E-state index contributed by atoms with van der Waals surface area (Å²) in [5, 5.41) is 11.8. The van der Waals surface area contributed by atoms with Gasteiger partial charge in [0.25, 0.3) is 5.91 Å². The van der Waals surface area contributed by atoms with Crippen molar-refractivity contribution in [3.63, 3.8) is 0 Å². The highest BCUT2D eigenvalue weighted by Gasteiger charge is 2.50. The van der Waals surface area contributed by atoms with Gasteiger partial charge in [-0.3, -0.25) is 9.59 Å². The van der Waals surface area contributed by atoms with Crippen LogP contribution in [0.2, 0.25) is 0 Å². The van der Waals surface area contributed by atoms with E-state index in [1.807, 2.05) is 24.3 Å². The lowest BCUT2D eigenvalue weighted by Crippen LogP contribution is -2.41. The molecule has 1 aromatic rings. The Kier molecular flexibility index (Phi) is 4.68. The zero-order valence-electron chi connectivity index (χ0n) is 14.2. The second-order valence-electron chi connectivity index (χ2n) is 7.34. The Bertz CT molecular complexity index is 599. The minimum atomic E-state index is -0.843. The van der Waals surface area contributed by atoms with Crippen molar-refractivity contribution in [2.45, 2.75) is 52.1 Å². The summed E-state index contributed by atoms with van der Waals surface area (Å²) in [6, 6.07) is 7.69. The van der Waals surface area contributed by atoms with Crippen LogP contribution in [0.5, 0.6) is 5.75 Å². The van der Waals surface area contributed by atoms with Gasteiger partial charge in [0, 0.05) is 6.54 Å². The van der Waals surface area contributed by atoms with E-state index >= 15 is 0 Å². The number of benzene rings is 1. The third kappa shape index (κ3) is 4.24. The summed E-state index contributed by atoms with van der Waals surface area (Å²) in [6.45, 7) is 8.17. The largest absolute Gasteiger partial charge is 0.481 e. The molecule has 2 rings (SSSR count). The number of hydrogen-bond donors (Lipinski definition) is 2. The zero-order valence-corrected chi connectivity index (χ0v) is 14.2. The first-order valence-electron chi connectivity index (χ1n) is 7.92. The molecule has 1 aliphatic rings. The van der Waals surface area contributed by atoms with Gasteiger partial charge in [-0.05, 0) is 42.9 Å². The first-order valence-corrected chi connectivity index (χ1v) is 7.92. The Morgan fingerprint density at radius 3 is 2.52 bits per heavy atom. The van der Waals surface area contributed by atoms with Gasteiger partial charge in [-0.1, -0.05) is 32.9 Å². The van der Waals surface area contributed by atoms with E-state index in [0.717, 1.165) is 5.56 Å². The van der Waals surface area contributed by atoms with Crippen molar-refractivity contribution in [2.24, 2.45) is 5.41 Å². The smallest absolute Gasteiger partial charge is 0.311 e. The number of ether oxygens (including phenoxy) is 1.